The van der Waals surface area contributed by atoms with Crippen LogP contribution in [0.4, 0.5) is 5.69 Å². The SMILES string of the molecule is CC[C@@H](C(=O)NCc1ccc2ccccc2c1)N(c1ccc(OC)cc1)S(C)(=O)=O. The molecule has 0 bridgehead atoms. The summed E-state index contributed by atoms with van der Waals surface area (Å²) in [4.78, 5) is 13.0. The molecular formula is C23H26N2O4S. The van der Waals surface area contributed by atoms with Crippen molar-refractivity contribution in [1.82, 2.24) is 5.32 Å². The highest BCUT2D eigenvalue weighted by Crippen LogP contribution is 2.25. The summed E-state index contributed by atoms with van der Waals surface area (Å²) in [5.74, 6) is 0.271. The van der Waals surface area contributed by atoms with E-state index in [9.17, 15) is 13.2 Å². The van der Waals surface area contributed by atoms with Crippen LogP contribution in [-0.2, 0) is 21.4 Å². The van der Waals surface area contributed by atoms with E-state index in [0.29, 0.717) is 24.4 Å². The smallest absolute Gasteiger partial charge is 0.244 e. The zero-order valence-corrected chi connectivity index (χ0v) is 18.1. The van der Waals surface area contributed by atoms with Crippen molar-refractivity contribution in [2.24, 2.45) is 0 Å². The molecule has 0 aliphatic rings. The fourth-order valence-electron chi connectivity index (χ4n) is 3.45. The van der Waals surface area contributed by atoms with Crippen molar-refractivity contribution in [2.75, 3.05) is 17.7 Å². The topological polar surface area (TPSA) is 75.7 Å². The van der Waals surface area contributed by atoms with E-state index in [-0.39, 0.29) is 5.91 Å². The Morgan fingerprint density at radius 3 is 2.30 bits per heavy atom. The Bertz CT molecular complexity index is 1130. The number of ether oxygens (including phenoxy) is 1. The molecule has 6 nitrogen and oxygen atoms in total. The molecule has 0 aliphatic heterocycles. The summed E-state index contributed by atoms with van der Waals surface area (Å²) in [6.07, 6.45) is 1.44. The number of carbonyl (C=O) groups is 1. The Hall–Kier alpha value is -3.06. The van der Waals surface area contributed by atoms with Gasteiger partial charge in [-0.3, -0.25) is 9.10 Å². The van der Waals surface area contributed by atoms with Gasteiger partial charge in [0.05, 0.1) is 19.1 Å². The number of methoxy groups -OCH3 is 1. The molecule has 158 valence electrons. The zero-order chi connectivity index (χ0) is 21.7. The van der Waals surface area contributed by atoms with E-state index in [2.05, 4.69) is 5.32 Å². The molecule has 0 saturated carbocycles. The second-order valence-electron chi connectivity index (χ2n) is 7.08. The molecule has 3 rings (SSSR count). The van der Waals surface area contributed by atoms with Crippen LogP contribution in [0.25, 0.3) is 10.8 Å². The Labute approximate surface area is 177 Å². The lowest BCUT2D eigenvalue weighted by Crippen LogP contribution is -2.49. The van der Waals surface area contributed by atoms with Gasteiger partial charge in [-0.05, 0) is 53.1 Å². The average molecular weight is 427 g/mol. The Balaban J connectivity index is 1.80. The first-order valence-electron chi connectivity index (χ1n) is 9.72. The first kappa shape index (κ1) is 21.6. The lowest BCUT2D eigenvalue weighted by Gasteiger charge is -2.30. The number of carbonyl (C=O) groups excluding carboxylic acids is 1. The number of fused-ring (bicyclic) bond motifs is 1. The van der Waals surface area contributed by atoms with Crippen molar-refractivity contribution < 1.29 is 17.9 Å². The molecule has 3 aromatic rings. The van der Waals surface area contributed by atoms with Gasteiger partial charge in [-0.2, -0.15) is 0 Å². The van der Waals surface area contributed by atoms with Crippen LogP contribution >= 0.6 is 0 Å². The van der Waals surface area contributed by atoms with Gasteiger partial charge >= 0.3 is 0 Å². The minimum Gasteiger partial charge on any atom is -0.497 e. The summed E-state index contributed by atoms with van der Waals surface area (Å²) in [7, 11) is -2.13. The van der Waals surface area contributed by atoms with Crippen molar-refractivity contribution in [2.45, 2.75) is 25.9 Å². The Kier molecular flexibility index (Phi) is 6.62. The standard InChI is InChI=1S/C23H26N2O4S/c1-4-22(25(30(3,27)28)20-11-13-21(29-2)14-12-20)23(26)24-16-17-9-10-18-7-5-6-8-19(18)15-17/h5-15,22H,4,16H2,1-3H3,(H,24,26)/t22-/m0/s1. The van der Waals surface area contributed by atoms with Crippen molar-refractivity contribution in [3.63, 3.8) is 0 Å². The second kappa shape index (κ2) is 9.17. The molecule has 0 aliphatic carbocycles. The number of rotatable bonds is 8. The predicted molar refractivity (Wildman–Crippen MR) is 120 cm³/mol. The summed E-state index contributed by atoms with van der Waals surface area (Å²) < 4.78 is 31.4. The van der Waals surface area contributed by atoms with Gasteiger partial charge in [0.15, 0.2) is 0 Å². The third-order valence-corrected chi connectivity index (χ3v) is 6.12. The number of nitrogens with zero attached hydrogens (tertiary/aromatic N) is 1. The highest BCUT2D eigenvalue weighted by Gasteiger charge is 2.31. The molecule has 0 unspecified atom stereocenters. The highest BCUT2D eigenvalue weighted by atomic mass is 32.2. The lowest BCUT2D eigenvalue weighted by molar-refractivity contribution is -0.122. The second-order valence-corrected chi connectivity index (χ2v) is 8.94. The maximum Gasteiger partial charge on any atom is 0.244 e. The number of amides is 1. The van der Waals surface area contributed by atoms with Crippen LogP contribution in [0.15, 0.2) is 66.7 Å². The summed E-state index contributed by atoms with van der Waals surface area (Å²) >= 11 is 0. The molecule has 7 heteroatoms. The molecule has 30 heavy (non-hydrogen) atoms. The van der Waals surface area contributed by atoms with Crippen molar-refractivity contribution in [3.8, 4) is 5.75 Å². The van der Waals surface area contributed by atoms with E-state index in [1.165, 1.54) is 4.31 Å². The van der Waals surface area contributed by atoms with Crippen LogP contribution in [0.3, 0.4) is 0 Å². The van der Waals surface area contributed by atoms with Gasteiger partial charge in [0.25, 0.3) is 0 Å². The Morgan fingerprint density at radius 2 is 1.70 bits per heavy atom. The highest BCUT2D eigenvalue weighted by molar-refractivity contribution is 7.92. The van der Waals surface area contributed by atoms with Crippen LogP contribution in [0, 0.1) is 0 Å². The van der Waals surface area contributed by atoms with Crippen LogP contribution in [0.2, 0.25) is 0 Å². The third-order valence-electron chi connectivity index (χ3n) is 4.94. The van der Waals surface area contributed by atoms with Gasteiger partial charge in [0.1, 0.15) is 11.8 Å². The van der Waals surface area contributed by atoms with E-state index < -0.39 is 16.1 Å². The van der Waals surface area contributed by atoms with E-state index >= 15 is 0 Å². The lowest BCUT2D eigenvalue weighted by atomic mass is 10.1. The normalized spacial score (nSPS) is 12.4. The fraction of sp³-hybridized carbons (Fsp3) is 0.261. The zero-order valence-electron chi connectivity index (χ0n) is 17.3. The van der Waals surface area contributed by atoms with Crippen LogP contribution in [0.5, 0.6) is 5.75 Å². The molecule has 0 saturated heterocycles. The van der Waals surface area contributed by atoms with Crippen molar-refractivity contribution >= 4 is 32.4 Å². The maximum absolute atomic E-state index is 13.0. The van der Waals surface area contributed by atoms with E-state index in [1.54, 1.807) is 38.3 Å². The molecule has 0 radical (unpaired) electrons. The Morgan fingerprint density at radius 1 is 1.03 bits per heavy atom. The van der Waals surface area contributed by atoms with E-state index in [0.717, 1.165) is 22.6 Å². The van der Waals surface area contributed by atoms with Gasteiger partial charge in [-0.1, -0.05) is 43.3 Å². The number of anilines is 1. The molecule has 0 spiro atoms. The fourth-order valence-corrected chi connectivity index (χ4v) is 4.66. The minimum atomic E-state index is -3.67. The number of hydrogen-bond acceptors (Lipinski definition) is 4. The molecule has 1 amide bonds. The number of nitrogens with one attached hydrogen (secondary N) is 1. The first-order valence-corrected chi connectivity index (χ1v) is 11.6. The van der Waals surface area contributed by atoms with Gasteiger partial charge in [0, 0.05) is 6.54 Å². The molecule has 1 N–H and O–H groups in total. The molecule has 1 atom stereocenters. The van der Waals surface area contributed by atoms with Crippen molar-refractivity contribution in [1.29, 1.82) is 0 Å². The molecule has 0 heterocycles. The molecule has 0 aromatic heterocycles. The van der Waals surface area contributed by atoms with Crippen LogP contribution < -0.4 is 14.4 Å². The van der Waals surface area contributed by atoms with Gasteiger partial charge in [0.2, 0.25) is 15.9 Å². The molecule has 3 aromatic carbocycles. The summed E-state index contributed by atoms with van der Waals surface area (Å²) in [6.45, 7) is 2.11. The summed E-state index contributed by atoms with van der Waals surface area (Å²) in [5, 5.41) is 5.11. The van der Waals surface area contributed by atoms with Gasteiger partial charge in [-0.25, -0.2) is 8.42 Å². The summed E-state index contributed by atoms with van der Waals surface area (Å²) in [6, 6.07) is 19.8. The van der Waals surface area contributed by atoms with E-state index in [4.69, 9.17) is 4.74 Å². The number of hydrogen-bond donors (Lipinski definition) is 1. The number of sulfonamides is 1. The molecular weight excluding hydrogens is 400 g/mol. The molecule has 0 fully saturated rings. The first-order chi connectivity index (χ1) is 14.3. The number of benzene rings is 3. The van der Waals surface area contributed by atoms with Crippen LogP contribution in [-0.4, -0.2) is 33.7 Å². The quantitative estimate of drug-likeness (QED) is 0.596. The summed E-state index contributed by atoms with van der Waals surface area (Å²) in [5.41, 5.74) is 1.37. The van der Waals surface area contributed by atoms with Gasteiger partial charge in [-0.15, -0.1) is 0 Å². The minimum absolute atomic E-state index is 0.320. The average Bonchev–Trinajstić information content (AvgIpc) is 2.75. The maximum atomic E-state index is 13.0. The van der Waals surface area contributed by atoms with E-state index in [1.807, 2.05) is 42.5 Å². The van der Waals surface area contributed by atoms with Gasteiger partial charge < -0.3 is 10.1 Å². The van der Waals surface area contributed by atoms with Crippen LogP contribution in [0.1, 0.15) is 18.9 Å². The largest absolute Gasteiger partial charge is 0.497 e. The van der Waals surface area contributed by atoms with Crippen molar-refractivity contribution in [3.05, 3.63) is 72.3 Å². The third kappa shape index (κ3) is 4.91. The predicted octanol–water partition coefficient (Wildman–Crippen LogP) is 3.71. The monoisotopic (exact) mass is 426 g/mol.